The number of hydrogen-bond donors (Lipinski definition) is 0. The summed E-state index contributed by atoms with van der Waals surface area (Å²) in [5.41, 5.74) is 1.19. The lowest BCUT2D eigenvalue weighted by Crippen LogP contribution is -2.35. The van der Waals surface area contributed by atoms with E-state index < -0.39 is 0 Å². The maximum atomic E-state index is 11.7. The highest BCUT2D eigenvalue weighted by Crippen LogP contribution is 2.25. The van der Waals surface area contributed by atoms with Gasteiger partial charge in [-0.1, -0.05) is 11.6 Å². The Morgan fingerprint density at radius 1 is 1.31 bits per heavy atom. The number of benzene rings is 1. The second-order valence-corrected chi connectivity index (χ2v) is 4.23. The van der Waals surface area contributed by atoms with Crippen LogP contribution >= 0.6 is 11.6 Å². The molecule has 0 unspecified atom stereocenters. The van der Waals surface area contributed by atoms with E-state index in [4.69, 9.17) is 11.6 Å². The van der Waals surface area contributed by atoms with Crippen LogP contribution in [0.2, 0.25) is 5.02 Å². The first kappa shape index (κ1) is 11.1. The van der Waals surface area contributed by atoms with Crippen LogP contribution in [0.3, 0.4) is 0 Å². The minimum atomic E-state index is 0.116. The van der Waals surface area contributed by atoms with Crippen molar-refractivity contribution in [2.75, 3.05) is 11.4 Å². The van der Waals surface area contributed by atoms with Gasteiger partial charge in [0.15, 0.2) is 6.29 Å². The molecule has 1 aliphatic rings. The standard InChI is InChI=1S/C12H12ClNO2/c13-11-5-4-10(7-9(11)8-15)14-6-2-1-3-12(14)16/h4-5,7-8H,1-3,6H2. The molecule has 0 N–H and O–H groups in total. The Kier molecular flexibility index (Phi) is 3.25. The Hall–Kier alpha value is -1.35. The Morgan fingerprint density at radius 3 is 2.81 bits per heavy atom. The summed E-state index contributed by atoms with van der Waals surface area (Å²) >= 11 is 5.84. The summed E-state index contributed by atoms with van der Waals surface area (Å²) in [5.74, 6) is 0.116. The van der Waals surface area contributed by atoms with Gasteiger partial charge in [0, 0.05) is 24.2 Å². The van der Waals surface area contributed by atoms with Crippen molar-refractivity contribution >= 4 is 29.5 Å². The highest BCUT2D eigenvalue weighted by molar-refractivity contribution is 6.33. The average Bonchev–Trinajstić information content (AvgIpc) is 2.31. The summed E-state index contributed by atoms with van der Waals surface area (Å²) in [6.45, 7) is 0.721. The van der Waals surface area contributed by atoms with Gasteiger partial charge in [0.05, 0.1) is 5.02 Å². The molecule has 1 aromatic carbocycles. The number of anilines is 1. The van der Waals surface area contributed by atoms with Crippen molar-refractivity contribution in [3.63, 3.8) is 0 Å². The first-order valence-corrected chi connectivity index (χ1v) is 5.65. The molecule has 0 spiro atoms. The molecule has 2 rings (SSSR count). The lowest BCUT2D eigenvalue weighted by Gasteiger charge is -2.27. The number of nitrogens with zero attached hydrogens (tertiary/aromatic N) is 1. The van der Waals surface area contributed by atoms with Crippen molar-refractivity contribution in [3.8, 4) is 0 Å². The van der Waals surface area contributed by atoms with Crippen LogP contribution in [0.4, 0.5) is 5.69 Å². The van der Waals surface area contributed by atoms with Gasteiger partial charge in [-0.2, -0.15) is 0 Å². The van der Waals surface area contributed by atoms with Gasteiger partial charge in [-0.05, 0) is 31.0 Å². The quantitative estimate of drug-likeness (QED) is 0.742. The van der Waals surface area contributed by atoms with Crippen LogP contribution in [-0.4, -0.2) is 18.7 Å². The predicted octanol–water partition coefficient (Wildman–Crippen LogP) is 2.67. The number of carbonyl (C=O) groups is 2. The molecule has 16 heavy (non-hydrogen) atoms. The van der Waals surface area contributed by atoms with Crippen LogP contribution in [-0.2, 0) is 4.79 Å². The van der Waals surface area contributed by atoms with Crippen LogP contribution in [0.5, 0.6) is 0 Å². The van der Waals surface area contributed by atoms with E-state index >= 15 is 0 Å². The lowest BCUT2D eigenvalue weighted by molar-refractivity contribution is -0.119. The van der Waals surface area contributed by atoms with E-state index in [-0.39, 0.29) is 5.91 Å². The van der Waals surface area contributed by atoms with Crippen molar-refractivity contribution in [1.29, 1.82) is 0 Å². The zero-order valence-corrected chi connectivity index (χ0v) is 9.54. The van der Waals surface area contributed by atoms with Gasteiger partial charge in [-0.15, -0.1) is 0 Å². The van der Waals surface area contributed by atoms with Crippen LogP contribution in [0, 0.1) is 0 Å². The largest absolute Gasteiger partial charge is 0.312 e. The molecule has 4 heteroatoms. The molecule has 0 aromatic heterocycles. The SMILES string of the molecule is O=Cc1cc(N2CCCCC2=O)ccc1Cl. The molecule has 84 valence electrons. The molecule has 0 atom stereocenters. The molecule has 0 bridgehead atoms. The molecule has 1 heterocycles. The molecule has 3 nitrogen and oxygen atoms in total. The summed E-state index contributed by atoms with van der Waals surface area (Å²) < 4.78 is 0. The van der Waals surface area contributed by atoms with Crippen molar-refractivity contribution < 1.29 is 9.59 Å². The van der Waals surface area contributed by atoms with Gasteiger partial charge in [0.25, 0.3) is 0 Å². The zero-order chi connectivity index (χ0) is 11.5. The molecule has 0 radical (unpaired) electrons. The molecule has 1 saturated heterocycles. The van der Waals surface area contributed by atoms with Crippen LogP contribution < -0.4 is 4.90 Å². The molecule has 0 saturated carbocycles. The fraction of sp³-hybridized carbons (Fsp3) is 0.333. The first-order chi connectivity index (χ1) is 7.72. The topological polar surface area (TPSA) is 37.4 Å². The highest BCUT2D eigenvalue weighted by Gasteiger charge is 2.19. The van der Waals surface area contributed by atoms with Gasteiger partial charge in [0.1, 0.15) is 0 Å². The number of hydrogen-bond acceptors (Lipinski definition) is 2. The van der Waals surface area contributed by atoms with E-state index in [1.165, 1.54) is 0 Å². The fourth-order valence-corrected chi connectivity index (χ4v) is 2.03. The zero-order valence-electron chi connectivity index (χ0n) is 8.78. The normalized spacial score (nSPS) is 16.3. The van der Waals surface area contributed by atoms with Gasteiger partial charge >= 0.3 is 0 Å². The summed E-state index contributed by atoms with van der Waals surface area (Å²) in [6.07, 6.45) is 3.24. The van der Waals surface area contributed by atoms with Gasteiger partial charge < -0.3 is 4.90 Å². The molecule has 0 aliphatic carbocycles. The number of aldehydes is 1. The number of carbonyl (C=O) groups excluding carboxylic acids is 2. The van der Waals surface area contributed by atoms with Crippen LogP contribution in [0.15, 0.2) is 18.2 Å². The summed E-state index contributed by atoms with van der Waals surface area (Å²) in [4.78, 5) is 24.2. The van der Waals surface area contributed by atoms with E-state index in [1.54, 1.807) is 23.1 Å². The summed E-state index contributed by atoms with van der Waals surface area (Å²) in [6, 6.07) is 5.10. The second kappa shape index (κ2) is 4.66. The molecule has 1 aromatic rings. The van der Waals surface area contributed by atoms with Crippen molar-refractivity contribution in [2.45, 2.75) is 19.3 Å². The summed E-state index contributed by atoms with van der Waals surface area (Å²) in [5, 5.41) is 0.420. The number of halogens is 1. The minimum absolute atomic E-state index is 0.116. The third-order valence-electron chi connectivity index (χ3n) is 2.74. The third kappa shape index (κ3) is 2.09. The van der Waals surface area contributed by atoms with Crippen molar-refractivity contribution in [3.05, 3.63) is 28.8 Å². The van der Waals surface area contributed by atoms with Gasteiger partial charge in [-0.3, -0.25) is 9.59 Å². The van der Waals surface area contributed by atoms with E-state index in [0.717, 1.165) is 25.1 Å². The highest BCUT2D eigenvalue weighted by atomic mass is 35.5. The van der Waals surface area contributed by atoms with E-state index in [9.17, 15) is 9.59 Å². The molecule has 1 fully saturated rings. The minimum Gasteiger partial charge on any atom is -0.312 e. The van der Waals surface area contributed by atoms with E-state index in [0.29, 0.717) is 23.3 Å². The monoisotopic (exact) mass is 237 g/mol. The predicted molar refractivity (Wildman–Crippen MR) is 63.0 cm³/mol. The fourth-order valence-electron chi connectivity index (χ4n) is 1.87. The Morgan fingerprint density at radius 2 is 2.12 bits per heavy atom. The van der Waals surface area contributed by atoms with E-state index in [2.05, 4.69) is 0 Å². The number of piperidine rings is 1. The van der Waals surface area contributed by atoms with Crippen molar-refractivity contribution in [2.24, 2.45) is 0 Å². The lowest BCUT2D eigenvalue weighted by atomic mass is 10.1. The Balaban J connectivity index is 2.32. The number of amides is 1. The van der Waals surface area contributed by atoms with Crippen molar-refractivity contribution in [1.82, 2.24) is 0 Å². The summed E-state index contributed by atoms with van der Waals surface area (Å²) in [7, 11) is 0. The molecule has 1 aliphatic heterocycles. The maximum absolute atomic E-state index is 11.7. The average molecular weight is 238 g/mol. The van der Waals surface area contributed by atoms with Gasteiger partial charge in [-0.25, -0.2) is 0 Å². The number of rotatable bonds is 2. The van der Waals surface area contributed by atoms with Crippen LogP contribution in [0.1, 0.15) is 29.6 Å². The first-order valence-electron chi connectivity index (χ1n) is 5.27. The molecule has 1 amide bonds. The molecular formula is C12H12ClNO2. The maximum Gasteiger partial charge on any atom is 0.226 e. The molecular weight excluding hydrogens is 226 g/mol. The Bertz CT molecular complexity index is 431. The smallest absolute Gasteiger partial charge is 0.226 e. The van der Waals surface area contributed by atoms with Crippen LogP contribution in [0.25, 0.3) is 0 Å². The van der Waals surface area contributed by atoms with E-state index in [1.807, 2.05) is 0 Å². The second-order valence-electron chi connectivity index (χ2n) is 3.83. The van der Waals surface area contributed by atoms with Gasteiger partial charge in [0.2, 0.25) is 5.91 Å². The third-order valence-corrected chi connectivity index (χ3v) is 3.09. The Labute approximate surface area is 99.0 Å².